The molecule has 1 amide bonds. The minimum atomic E-state index is -0.409. The van der Waals surface area contributed by atoms with Crippen LogP contribution in [-0.2, 0) is 22.6 Å². The van der Waals surface area contributed by atoms with Crippen LogP contribution in [-0.4, -0.2) is 28.5 Å². The summed E-state index contributed by atoms with van der Waals surface area (Å²) in [5.41, 5.74) is 2.25. The van der Waals surface area contributed by atoms with Crippen LogP contribution in [0.4, 0.5) is 0 Å². The Morgan fingerprint density at radius 2 is 1.85 bits per heavy atom. The number of fused-ring (bicyclic) bond motifs is 1. The van der Waals surface area contributed by atoms with Crippen LogP contribution in [0.3, 0.4) is 0 Å². The Hall–Kier alpha value is -2.92. The normalized spacial score (nSPS) is 16.5. The van der Waals surface area contributed by atoms with Gasteiger partial charge >= 0.3 is 0 Å². The van der Waals surface area contributed by atoms with Gasteiger partial charge in [-0.1, -0.05) is 48.5 Å². The van der Waals surface area contributed by atoms with Crippen LogP contribution in [0.1, 0.15) is 24.0 Å². The molecule has 138 valence electrons. The van der Waals surface area contributed by atoms with Crippen molar-refractivity contribution in [3.8, 4) is 0 Å². The quantitative estimate of drug-likeness (QED) is 0.758. The highest BCUT2D eigenvalue weighted by atomic mass is 16.5. The summed E-state index contributed by atoms with van der Waals surface area (Å²) in [6.07, 6.45) is 1.22. The molecule has 1 unspecified atom stereocenters. The van der Waals surface area contributed by atoms with Gasteiger partial charge in [0.2, 0.25) is 0 Å². The Balaban J connectivity index is 1.64. The molecule has 1 aliphatic heterocycles. The molecule has 1 atom stereocenters. The van der Waals surface area contributed by atoms with Crippen LogP contribution in [0.5, 0.6) is 0 Å². The van der Waals surface area contributed by atoms with Crippen molar-refractivity contribution in [2.24, 2.45) is 0 Å². The number of H-pyrrole nitrogens is 1. The molecule has 2 heterocycles. The summed E-state index contributed by atoms with van der Waals surface area (Å²) in [5.74, 6) is -0.0519. The summed E-state index contributed by atoms with van der Waals surface area (Å²) < 4.78 is 5.59. The molecule has 5 nitrogen and oxygen atoms in total. The molecule has 1 saturated heterocycles. The zero-order chi connectivity index (χ0) is 18.6. The fourth-order valence-electron chi connectivity index (χ4n) is 3.51. The summed E-state index contributed by atoms with van der Waals surface area (Å²) >= 11 is 0. The standard InChI is InChI=1S/C22H22N2O3/c25-21-18(13-17-9-4-5-10-19(17)23-21)15-24(14-16-7-2-1-3-8-16)22(26)20-11-6-12-27-20/h1-5,7-10,13,20H,6,11-12,14-15H2,(H,23,25). The molecule has 0 spiro atoms. The summed E-state index contributed by atoms with van der Waals surface area (Å²) in [4.78, 5) is 30.2. The minimum absolute atomic E-state index is 0.0519. The highest BCUT2D eigenvalue weighted by Gasteiger charge is 2.28. The van der Waals surface area contributed by atoms with Crippen molar-refractivity contribution in [1.82, 2.24) is 9.88 Å². The summed E-state index contributed by atoms with van der Waals surface area (Å²) in [6, 6.07) is 19.3. The second kappa shape index (κ2) is 7.76. The molecule has 0 bridgehead atoms. The predicted molar refractivity (Wildman–Crippen MR) is 104 cm³/mol. The number of ether oxygens (including phenoxy) is 1. The maximum Gasteiger partial charge on any atom is 0.253 e. The second-order valence-electron chi connectivity index (χ2n) is 6.89. The van der Waals surface area contributed by atoms with Crippen LogP contribution in [0, 0.1) is 0 Å². The summed E-state index contributed by atoms with van der Waals surface area (Å²) in [6.45, 7) is 1.33. The molecular formula is C22H22N2O3. The first-order valence-corrected chi connectivity index (χ1v) is 9.26. The largest absolute Gasteiger partial charge is 0.368 e. The topological polar surface area (TPSA) is 62.4 Å². The average Bonchev–Trinajstić information content (AvgIpc) is 3.23. The zero-order valence-electron chi connectivity index (χ0n) is 15.1. The molecule has 0 aliphatic carbocycles. The number of hydrogen-bond donors (Lipinski definition) is 1. The maximum atomic E-state index is 13.0. The molecular weight excluding hydrogens is 340 g/mol. The molecule has 2 aromatic carbocycles. The average molecular weight is 362 g/mol. The second-order valence-corrected chi connectivity index (χ2v) is 6.89. The zero-order valence-corrected chi connectivity index (χ0v) is 15.1. The molecule has 4 rings (SSSR count). The van der Waals surface area contributed by atoms with Gasteiger partial charge in [0, 0.05) is 24.2 Å². The number of rotatable bonds is 5. The van der Waals surface area contributed by atoms with Crippen LogP contribution in [0.25, 0.3) is 10.9 Å². The van der Waals surface area contributed by atoms with E-state index in [9.17, 15) is 9.59 Å². The smallest absolute Gasteiger partial charge is 0.253 e. The maximum absolute atomic E-state index is 13.0. The van der Waals surface area contributed by atoms with Crippen molar-refractivity contribution < 1.29 is 9.53 Å². The fraction of sp³-hybridized carbons (Fsp3) is 0.273. The number of hydrogen-bond acceptors (Lipinski definition) is 3. The number of nitrogens with one attached hydrogen (secondary N) is 1. The van der Waals surface area contributed by atoms with Crippen LogP contribution < -0.4 is 5.56 Å². The van der Waals surface area contributed by atoms with Crippen molar-refractivity contribution in [2.75, 3.05) is 6.61 Å². The highest BCUT2D eigenvalue weighted by Crippen LogP contribution is 2.19. The van der Waals surface area contributed by atoms with E-state index in [1.807, 2.05) is 60.7 Å². The number of aromatic amines is 1. The first kappa shape index (κ1) is 17.5. The molecule has 1 N–H and O–H groups in total. The lowest BCUT2D eigenvalue weighted by atomic mass is 10.1. The molecule has 1 aliphatic rings. The van der Waals surface area contributed by atoms with E-state index >= 15 is 0 Å². The van der Waals surface area contributed by atoms with E-state index in [-0.39, 0.29) is 18.0 Å². The van der Waals surface area contributed by atoms with Gasteiger partial charge in [0.1, 0.15) is 6.10 Å². The lowest BCUT2D eigenvalue weighted by molar-refractivity contribution is -0.142. The van der Waals surface area contributed by atoms with E-state index in [0.29, 0.717) is 18.7 Å². The van der Waals surface area contributed by atoms with Gasteiger partial charge < -0.3 is 14.6 Å². The summed E-state index contributed by atoms with van der Waals surface area (Å²) in [5, 5.41) is 0.955. The lowest BCUT2D eigenvalue weighted by Gasteiger charge is -2.25. The third-order valence-corrected chi connectivity index (χ3v) is 4.92. The number of para-hydroxylation sites is 1. The Labute approximate surface area is 157 Å². The number of pyridine rings is 1. The van der Waals surface area contributed by atoms with E-state index in [0.717, 1.165) is 29.3 Å². The van der Waals surface area contributed by atoms with Gasteiger partial charge in [0.15, 0.2) is 0 Å². The van der Waals surface area contributed by atoms with Gasteiger partial charge in [-0.15, -0.1) is 0 Å². The van der Waals surface area contributed by atoms with Gasteiger partial charge in [0.25, 0.3) is 11.5 Å². The fourth-order valence-corrected chi connectivity index (χ4v) is 3.51. The van der Waals surface area contributed by atoms with Gasteiger partial charge in [0.05, 0.1) is 6.54 Å². The van der Waals surface area contributed by atoms with Gasteiger partial charge in [-0.2, -0.15) is 0 Å². The highest BCUT2D eigenvalue weighted by molar-refractivity contribution is 5.82. The number of carbonyl (C=O) groups is 1. The van der Waals surface area contributed by atoms with Gasteiger partial charge in [-0.05, 0) is 35.9 Å². The number of amides is 1. The number of nitrogens with zero attached hydrogens (tertiary/aromatic N) is 1. The SMILES string of the molecule is O=C(C1CCCO1)N(Cc1ccccc1)Cc1cc2ccccc2[nH]c1=O. The number of carbonyl (C=O) groups excluding carboxylic acids is 1. The molecule has 27 heavy (non-hydrogen) atoms. The number of aromatic nitrogens is 1. The Bertz CT molecular complexity index is 991. The molecule has 1 aromatic heterocycles. The first-order valence-electron chi connectivity index (χ1n) is 9.26. The van der Waals surface area contributed by atoms with E-state index in [4.69, 9.17) is 4.74 Å². The lowest BCUT2D eigenvalue weighted by Crippen LogP contribution is -2.39. The van der Waals surface area contributed by atoms with Crippen molar-refractivity contribution >= 4 is 16.8 Å². The molecule has 0 radical (unpaired) electrons. The minimum Gasteiger partial charge on any atom is -0.368 e. The first-order chi connectivity index (χ1) is 13.2. The molecule has 1 fully saturated rings. The Kier molecular flexibility index (Phi) is 5.03. The van der Waals surface area contributed by atoms with Crippen molar-refractivity contribution in [3.63, 3.8) is 0 Å². The summed E-state index contributed by atoms with van der Waals surface area (Å²) in [7, 11) is 0. The van der Waals surface area contributed by atoms with Crippen LogP contribution in [0.15, 0.2) is 65.5 Å². The van der Waals surface area contributed by atoms with Crippen molar-refractivity contribution in [2.45, 2.75) is 32.0 Å². The molecule has 5 heteroatoms. The molecule has 3 aromatic rings. The van der Waals surface area contributed by atoms with Crippen LogP contribution >= 0.6 is 0 Å². The van der Waals surface area contributed by atoms with E-state index in [2.05, 4.69) is 4.98 Å². The van der Waals surface area contributed by atoms with Gasteiger partial charge in [-0.25, -0.2) is 0 Å². The Morgan fingerprint density at radius 1 is 1.07 bits per heavy atom. The Morgan fingerprint density at radius 3 is 2.63 bits per heavy atom. The third-order valence-electron chi connectivity index (χ3n) is 4.92. The number of benzene rings is 2. The monoisotopic (exact) mass is 362 g/mol. The van der Waals surface area contributed by atoms with Crippen molar-refractivity contribution in [1.29, 1.82) is 0 Å². The van der Waals surface area contributed by atoms with Crippen LogP contribution in [0.2, 0.25) is 0 Å². The van der Waals surface area contributed by atoms with E-state index in [1.54, 1.807) is 4.90 Å². The van der Waals surface area contributed by atoms with E-state index < -0.39 is 6.10 Å². The van der Waals surface area contributed by atoms with E-state index in [1.165, 1.54) is 0 Å². The van der Waals surface area contributed by atoms with Gasteiger partial charge in [-0.3, -0.25) is 9.59 Å². The van der Waals surface area contributed by atoms with Crippen molar-refractivity contribution in [3.05, 3.63) is 82.1 Å². The predicted octanol–water partition coefficient (Wildman–Crippen LogP) is 3.24. The molecule has 0 saturated carbocycles. The third kappa shape index (κ3) is 3.93.